The summed E-state index contributed by atoms with van der Waals surface area (Å²) in [7, 11) is 1.51. The molecule has 5 nitrogen and oxygen atoms in total. The average Bonchev–Trinajstić information content (AvgIpc) is 2.79. The second-order valence-electron chi connectivity index (χ2n) is 3.75. The molecule has 0 bridgehead atoms. The monoisotopic (exact) mass is 284 g/mol. The molecule has 0 saturated carbocycles. The van der Waals surface area contributed by atoms with Crippen LogP contribution in [0.1, 0.15) is 23.7 Å². The molecule has 0 aromatic carbocycles. The molecular formula is C11H13ClN4OS. The number of hydrogen-bond acceptors (Lipinski definition) is 6. The molecule has 0 amide bonds. The van der Waals surface area contributed by atoms with Crippen LogP contribution < -0.4 is 10.1 Å². The Balaban J connectivity index is 2.18. The van der Waals surface area contributed by atoms with Crippen molar-refractivity contribution in [2.45, 2.75) is 19.9 Å². The first-order valence-electron chi connectivity index (χ1n) is 5.35. The predicted molar refractivity (Wildman–Crippen MR) is 72.5 cm³/mol. The van der Waals surface area contributed by atoms with Crippen molar-refractivity contribution < 1.29 is 4.74 Å². The Morgan fingerprint density at radius 3 is 2.83 bits per heavy atom. The van der Waals surface area contributed by atoms with E-state index in [1.807, 2.05) is 19.2 Å². The summed E-state index contributed by atoms with van der Waals surface area (Å²) in [6.45, 7) is 3.97. The van der Waals surface area contributed by atoms with Crippen molar-refractivity contribution in [3.05, 3.63) is 27.3 Å². The van der Waals surface area contributed by atoms with Gasteiger partial charge in [0.05, 0.1) is 19.3 Å². The first kappa shape index (κ1) is 13.0. The van der Waals surface area contributed by atoms with E-state index in [1.165, 1.54) is 13.3 Å². The molecule has 7 heteroatoms. The molecule has 0 spiro atoms. The van der Waals surface area contributed by atoms with E-state index in [2.05, 4.69) is 20.3 Å². The number of anilines is 1. The highest BCUT2D eigenvalue weighted by Gasteiger charge is 2.13. The molecule has 0 radical (unpaired) electrons. The minimum Gasteiger partial charge on any atom is -0.467 e. The third-order valence-corrected chi connectivity index (χ3v) is 3.69. The summed E-state index contributed by atoms with van der Waals surface area (Å²) in [6, 6.07) is 0.310. The van der Waals surface area contributed by atoms with E-state index in [1.54, 1.807) is 11.3 Å². The summed E-state index contributed by atoms with van der Waals surface area (Å²) in [5.41, 5.74) is 1.01. The number of thiazole rings is 1. The smallest absolute Gasteiger partial charge is 0.318 e. The minimum absolute atomic E-state index is 0.0285. The number of nitrogens with zero attached hydrogens (tertiary/aromatic N) is 3. The molecule has 1 N–H and O–H groups in total. The fourth-order valence-corrected chi connectivity index (χ4v) is 2.34. The molecule has 0 saturated heterocycles. The van der Waals surface area contributed by atoms with Gasteiger partial charge in [-0.25, -0.2) is 9.97 Å². The van der Waals surface area contributed by atoms with Crippen LogP contribution in [-0.2, 0) is 0 Å². The van der Waals surface area contributed by atoms with Gasteiger partial charge in [-0.1, -0.05) is 11.6 Å². The van der Waals surface area contributed by atoms with Crippen molar-refractivity contribution in [3.63, 3.8) is 0 Å². The van der Waals surface area contributed by atoms with Crippen LogP contribution in [0.2, 0.25) is 5.02 Å². The highest BCUT2D eigenvalue weighted by molar-refractivity contribution is 7.09. The van der Waals surface area contributed by atoms with Crippen molar-refractivity contribution in [1.82, 2.24) is 15.0 Å². The molecule has 0 aliphatic rings. The van der Waals surface area contributed by atoms with Crippen molar-refractivity contribution in [1.29, 1.82) is 0 Å². The van der Waals surface area contributed by atoms with Crippen LogP contribution in [0.5, 0.6) is 6.01 Å². The molecule has 2 rings (SSSR count). The first-order chi connectivity index (χ1) is 8.60. The van der Waals surface area contributed by atoms with E-state index in [-0.39, 0.29) is 12.1 Å². The lowest BCUT2D eigenvalue weighted by Gasteiger charge is -2.13. The summed E-state index contributed by atoms with van der Waals surface area (Å²) >= 11 is 7.63. The van der Waals surface area contributed by atoms with Crippen LogP contribution in [0, 0.1) is 6.92 Å². The zero-order valence-corrected chi connectivity index (χ0v) is 11.8. The Labute approximate surface area is 114 Å². The second kappa shape index (κ2) is 5.49. The number of rotatable bonds is 4. The number of hydrogen-bond donors (Lipinski definition) is 1. The van der Waals surface area contributed by atoms with E-state index in [9.17, 15) is 0 Å². The first-order valence-corrected chi connectivity index (χ1v) is 6.61. The number of aromatic nitrogens is 3. The molecule has 0 aliphatic heterocycles. The lowest BCUT2D eigenvalue weighted by Crippen LogP contribution is -2.09. The van der Waals surface area contributed by atoms with Crippen LogP contribution in [0.15, 0.2) is 11.6 Å². The normalized spacial score (nSPS) is 12.2. The van der Waals surface area contributed by atoms with Gasteiger partial charge in [0, 0.05) is 11.1 Å². The van der Waals surface area contributed by atoms with Crippen molar-refractivity contribution in [2.24, 2.45) is 0 Å². The molecular weight excluding hydrogens is 272 g/mol. The van der Waals surface area contributed by atoms with Gasteiger partial charge in [-0.15, -0.1) is 11.3 Å². The van der Waals surface area contributed by atoms with E-state index in [0.717, 1.165) is 10.7 Å². The Morgan fingerprint density at radius 1 is 1.44 bits per heavy atom. The lowest BCUT2D eigenvalue weighted by molar-refractivity contribution is 0.380. The van der Waals surface area contributed by atoms with Crippen LogP contribution in [-0.4, -0.2) is 22.1 Å². The second-order valence-corrected chi connectivity index (χ2v) is 5.04. The molecule has 2 aromatic rings. The van der Waals surface area contributed by atoms with Gasteiger partial charge in [0.1, 0.15) is 10.0 Å². The predicted octanol–water partition coefficient (Wildman–Crippen LogP) is 3.08. The molecule has 1 atom stereocenters. The summed E-state index contributed by atoms with van der Waals surface area (Å²) in [6.07, 6.45) is 1.51. The standard InChI is InChI=1S/C11H13ClN4OS/c1-6-5-18-10(14-6)7(2)15-9-8(12)4-13-11(16-9)17-3/h4-5,7H,1-3H3,(H,13,15,16). The number of ether oxygens (including phenoxy) is 1. The molecule has 96 valence electrons. The number of halogens is 1. The number of methoxy groups -OCH3 is 1. The molecule has 1 unspecified atom stereocenters. The van der Waals surface area contributed by atoms with Gasteiger partial charge in [0.2, 0.25) is 0 Å². The van der Waals surface area contributed by atoms with E-state index >= 15 is 0 Å². The van der Waals surface area contributed by atoms with Crippen LogP contribution in [0.3, 0.4) is 0 Å². The van der Waals surface area contributed by atoms with Gasteiger partial charge in [-0.05, 0) is 13.8 Å². The van der Waals surface area contributed by atoms with Crippen molar-refractivity contribution in [2.75, 3.05) is 12.4 Å². The summed E-state index contributed by atoms with van der Waals surface area (Å²) in [4.78, 5) is 12.5. The van der Waals surface area contributed by atoms with Gasteiger partial charge < -0.3 is 10.1 Å². The topological polar surface area (TPSA) is 59.9 Å². The number of aryl methyl sites for hydroxylation is 1. The molecule has 0 aliphatic carbocycles. The third kappa shape index (κ3) is 2.88. The Kier molecular flexibility index (Phi) is 3.98. The van der Waals surface area contributed by atoms with Crippen molar-refractivity contribution >= 4 is 28.8 Å². The lowest BCUT2D eigenvalue weighted by atomic mass is 10.3. The fraction of sp³-hybridized carbons (Fsp3) is 0.364. The maximum Gasteiger partial charge on any atom is 0.318 e. The zero-order valence-electron chi connectivity index (χ0n) is 10.3. The van der Waals surface area contributed by atoms with E-state index < -0.39 is 0 Å². The Morgan fingerprint density at radius 2 is 2.22 bits per heavy atom. The molecule has 0 fully saturated rings. The maximum absolute atomic E-state index is 6.03. The minimum atomic E-state index is 0.0285. The van der Waals surface area contributed by atoms with Gasteiger partial charge in [0.25, 0.3) is 0 Å². The highest BCUT2D eigenvalue weighted by atomic mass is 35.5. The largest absolute Gasteiger partial charge is 0.467 e. The quantitative estimate of drug-likeness (QED) is 0.935. The van der Waals surface area contributed by atoms with Gasteiger partial charge >= 0.3 is 6.01 Å². The van der Waals surface area contributed by atoms with Crippen LogP contribution >= 0.6 is 22.9 Å². The Bertz CT molecular complexity index is 546. The van der Waals surface area contributed by atoms with E-state index in [4.69, 9.17) is 16.3 Å². The molecule has 2 aromatic heterocycles. The summed E-state index contributed by atoms with van der Waals surface area (Å²) < 4.78 is 4.97. The summed E-state index contributed by atoms with van der Waals surface area (Å²) in [5.74, 6) is 0.545. The van der Waals surface area contributed by atoms with Crippen molar-refractivity contribution in [3.8, 4) is 6.01 Å². The highest BCUT2D eigenvalue weighted by Crippen LogP contribution is 2.26. The third-order valence-electron chi connectivity index (χ3n) is 2.27. The SMILES string of the molecule is COc1ncc(Cl)c(NC(C)c2nc(C)cs2)n1. The molecule has 2 heterocycles. The summed E-state index contributed by atoms with van der Waals surface area (Å²) in [5, 5.41) is 6.65. The molecule has 18 heavy (non-hydrogen) atoms. The number of nitrogens with one attached hydrogen (secondary N) is 1. The van der Waals surface area contributed by atoms with Gasteiger partial charge in [0.15, 0.2) is 5.82 Å². The van der Waals surface area contributed by atoms with Gasteiger partial charge in [-0.2, -0.15) is 4.98 Å². The van der Waals surface area contributed by atoms with Gasteiger partial charge in [-0.3, -0.25) is 0 Å². The van der Waals surface area contributed by atoms with E-state index in [0.29, 0.717) is 10.8 Å². The maximum atomic E-state index is 6.03. The van der Waals surface area contributed by atoms with Crippen LogP contribution in [0.4, 0.5) is 5.82 Å². The average molecular weight is 285 g/mol. The Hall–Kier alpha value is -1.40. The fourth-order valence-electron chi connectivity index (χ4n) is 1.39. The van der Waals surface area contributed by atoms with Crippen LogP contribution in [0.25, 0.3) is 0 Å². The zero-order chi connectivity index (χ0) is 13.1.